The Hall–Kier alpha value is -3.55. The summed E-state index contributed by atoms with van der Waals surface area (Å²) < 4.78 is 15.6. The number of fused-ring (bicyclic) bond motifs is 1. The molecule has 164 valence electrons. The zero-order valence-electron chi connectivity index (χ0n) is 17.9. The standard InChI is InChI=1S/C23H26N2O6/c1-4-17-5-7-18(8-6-17)12-25(3)22(26)13-28-23(27)14-31-24-16(2)19-9-10-20-21(11-19)30-15-29-20/h5-11H,4,12-15H2,1-3H3/b24-16-. The van der Waals surface area contributed by atoms with Crippen molar-refractivity contribution in [2.24, 2.45) is 5.16 Å². The van der Waals surface area contributed by atoms with Gasteiger partial charge >= 0.3 is 5.97 Å². The molecule has 0 aliphatic carbocycles. The summed E-state index contributed by atoms with van der Waals surface area (Å²) in [5.41, 5.74) is 3.59. The number of carbonyl (C=O) groups excluding carboxylic acids is 2. The summed E-state index contributed by atoms with van der Waals surface area (Å²) in [5, 5.41) is 3.92. The van der Waals surface area contributed by atoms with Gasteiger partial charge in [0, 0.05) is 19.2 Å². The zero-order valence-corrected chi connectivity index (χ0v) is 17.9. The SMILES string of the molecule is CCc1ccc(CN(C)C(=O)COC(=O)CO/N=C(/C)c2ccc3c(c2)OCO3)cc1. The quantitative estimate of drug-likeness (QED) is 0.348. The van der Waals surface area contributed by atoms with Crippen LogP contribution in [0.4, 0.5) is 0 Å². The smallest absolute Gasteiger partial charge is 0.347 e. The highest BCUT2D eigenvalue weighted by molar-refractivity contribution is 5.99. The number of hydrogen-bond donors (Lipinski definition) is 0. The van der Waals surface area contributed by atoms with Crippen LogP contribution in [0.3, 0.4) is 0 Å². The highest BCUT2D eigenvalue weighted by Crippen LogP contribution is 2.32. The largest absolute Gasteiger partial charge is 0.454 e. The Morgan fingerprint density at radius 1 is 1.03 bits per heavy atom. The Kier molecular flexibility index (Phi) is 7.48. The molecule has 2 aromatic carbocycles. The summed E-state index contributed by atoms with van der Waals surface area (Å²) in [4.78, 5) is 30.6. The fraction of sp³-hybridized carbons (Fsp3) is 0.348. The van der Waals surface area contributed by atoms with Crippen LogP contribution in [0.25, 0.3) is 0 Å². The molecule has 0 atom stereocenters. The van der Waals surface area contributed by atoms with Crippen LogP contribution in [0, 0.1) is 0 Å². The molecule has 2 aromatic rings. The number of rotatable bonds is 9. The van der Waals surface area contributed by atoms with Gasteiger partial charge in [-0.05, 0) is 42.7 Å². The minimum absolute atomic E-state index is 0.191. The van der Waals surface area contributed by atoms with Crippen molar-refractivity contribution in [1.29, 1.82) is 0 Å². The first-order valence-electron chi connectivity index (χ1n) is 10.00. The number of oxime groups is 1. The fourth-order valence-electron chi connectivity index (χ4n) is 2.89. The third kappa shape index (κ3) is 6.21. The van der Waals surface area contributed by atoms with Crippen molar-refractivity contribution in [3.05, 3.63) is 59.2 Å². The van der Waals surface area contributed by atoms with Gasteiger partial charge in [0.15, 0.2) is 18.1 Å². The molecule has 0 fully saturated rings. The van der Waals surface area contributed by atoms with Crippen LogP contribution in [0.2, 0.25) is 0 Å². The van der Waals surface area contributed by atoms with E-state index in [9.17, 15) is 9.59 Å². The van der Waals surface area contributed by atoms with Gasteiger partial charge in [0.25, 0.3) is 5.91 Å². The van der Waals surface area contributed by atoms with Gasteiger partial charge in [-0.25, -0.2) is 4.79 Å². The second kappa shape index (κ2) is 10.5. The lowest BCUT2D eigenvalue weighted by atomic mass is 10.1. The first-order chi connectivity index (χ1) is 15.0. The number of ether oxygens (including phenoxy) is 3. The van der Waals surface area contributed by atoms with Crippen LogP contribution in [0.15, 0.2) is 47.6 Å². The van der Waals surface area contributed by atoms with E-state index in [0.29, 0.717) is 23.8 Å². The molecule has 0 radical (unpaired) electrons. The maximum atomic E-state index is 12.2. The van der Waals surface area contributed by atoms with Crippen LogP contribution in [0.5, 0.6) is 11.5 Å². The van der Waals surface area contributed by atoms with E-state index in [2.05, 4.69) is 12.1 Å². The fourth-order valence-corrected chi connectivity index (χ4v) is 2.89. The van der Waals surface area contributed by atoms with Crippen molar-refractivity contribution in [3.63, 3.8) is 0 Å². The van der Waals surface area contributed by atoms with Gasteiger partial charge < -0.3 is 23.9 Å². The van der Waals surface area contributed by atoms with Gasteiger partial charge in [0.1, 0.15) is 0 Å². The molecule has 1 amide bonds. The van der Waals surface area contributed by atoms with E-state index in [1.807, 2.05) is 30.3 Å². The summed E-state index contributed by atoms with van der Waals surface area (Å²) in [5.74, 6) is 0.341. The van der Waals surface area contributed by atoms with Crippen LogP contribution < -0.4 is 9.47 Å². The van der Waals surface area contributed by atoms with Crippen LogP contribution in [0.1, 0.15) is 30.5 Å². The lowest BCUT2D eigenvalue weighted by molar-refractivity contribution is -0.155. The van der Waals surface area contributed by atoms with Crippen molar-refractivity contribution in [1.82, 2.24) is 4.90 Å². The molecule has 0 saturated heterocycles. The summed E-state index contributed by atoms with van der Waals surface area (Å²) in [7, 11) is 1.67. The predicted molar refractivity (Wildman–Crippen MR) is 114 cm³/mol. The van der Waals surface area contributed by atoms with Gasteiger partial charge in [0.05, 0.1) is 5.71 Å². The average Bonchev–Trinajstić information content (AvgIpc) is 3.25. The van der Waals surface area contributed by atoms with E-state index >= 15 is 0 Å². The maximum Gasteiger partial charge on any atom is 0.347 e. The van der Waals surface area contributed by atoms with Crippen molar-refractivity contribution >= 4 is 17.6 Å². The van der Waals surface area contributed by atoms with Gasteiger partial charge in [-0.2, -0.15) is 0 Å². The molecule has 8 nitrogen and oxygen atoms in total. The predicted octanol–water partition coefficient (Wildman–Crippen LogP) is 2.92. The number of benzene rings is 2. The van der Waals surface area contributed by atoms with E-state index in [1.165, 1.54) is 10.5 Å². The first kappa shape index (κ1) is 22.1. The summed E-state index contributed by atoms with van der Waals surface area (Å²) in [6.45, 7) is 3.72. The van der Waals surface area contributed by atoms with Crippen molar-refractivity contribution in [3.8, 4) is 11.5 Å². The lowest BCUT2D eigenvalue weighted by Gasteiger charge is -2.17. The van der Waals surface area contributed by atoms with Crippen molar-refractivity contribution in [2.45, 2.75) is 26.8 Å². The monoisotopic (exact) mass is 426 g/mol. The topological polar surface area (TPSA) is 86.7 Å². The Labute approximate surface area is 181 Å². The van der Waals surface area contributed by atoms with Crippen LogP contribution in [-0.2, 0) is 32.1 Å². The zero-order chi connectivity index (χ0) is 22.2. The molecule has 0 saturated carbocycles. The molecule has 0 unspecified atom stereocenters. The third-order valence-electron chi connectivity index (χ3n) is 4.81. The minimum atomic E-state index is -0.670. The van der Waals surface area contributed by atoms with E-state index in [1.54, 1.807) is 26.1 Å². The Morgan fingerprint density at radius 2 is 1.74 bits per heavy atom. The Bertz CT molecular complexity index is 955. The molecule has 0 aromatic heterocycles. The number of carbonyl (C=O) groups is 2. The lowest BCUT2D eigenvalue weighted by Crippen LogP contribution is -2.31. The number of nitrogens with zero attached hydrogens (tertiary/aromatic N) is 2. The van der Waals surface area contributed by atoms with Crippen LogP contribution in [-0.4, -0.2) is 49.5 Å². The average molecular weight is 426 g/mol. The summed E-state index contributed by atoms with van der Waals surface area (Å²) in [6.07, 6.45) is 0.966. The number of likely N-dealkylation sites (N-methyl/N-ethyl adjacent to an activating group) is 1. The first-order valence-corrected chi connectivity index (χ1v) is 10.00. The Balaban J connectivity index is 1.39. The van der Waals surface area contributed by atoms with E-state index in [0.717, 1.165) is 17.5 Å². The normalized spacial score (nSPS) is 12.4. The van der Waals surface area contributed by atoms with Crippen molar-refractivity contribution < 1.29 is 28.6 Å². The van der Waals surface area contributed by atoms with Crippen molar-refractivity contribution in [2.75, 3.05) is 27.1 Å². The van der Waals surface area contributed by atoms with E-state index in [4.69, 9.17) is 19.0 Å². The summed E-state index contributed by atoms with van der Waals surface area (Å²) >= 11 is 0. The molecule has 1 aliphatic heterocycles. The third-order valence-corrected chi connectivity index (χ3v) is 4.81. The van der Waals surface area contributed by atoms with E-state index in [-0.39, 0.29) is 19.3 Å². The molecular formula is C23H26N2O6. The molecule has 8 heteroatoms. The maximum absolute atomic E-state index is 12.2. The number of esters is 1. The number of aryl methyl sites for hydroxylation is 1. The molecule has 0 bridgehead atoms. The molecule has 0 N–H and O–H groups in total. The number of amides is 1. The summed E-state index contributed by atoms with van der Waals surface area (Å²) in [6, 6.07) is 13.4. The Morgan fingerprint density at radius 3 is 2.48 bits per heavy atom. The second-order valence-electron chi connectivity index (χ2n) is 7.10. The van der Waals surface area contributed by atoms with Gasteiger partial charge in [0.2, 0.25) is 13.4 Å². The van der Waals surface area contributed by atoms with Gasteiger partial charge in [-0.1, -0.05) is 36.3 Å². The molecule has 3 rings (SSSR count). The highest BCUT2D eigenvalue weighted by Gasteiger charge is 2.15. The number of hydrogen-bond acceptors (Lipinski definition) is 7. The highest BCUT2D eigenvalue weighted by atomic mass is 16.7. The molecular weight excluding hydrogens is 400 g/mol. The van der Waals surface area contributed by atoms with Crippen LogP contribution >= 0.6 is 0 Å². The molecule has 1 aliphatic rings. The molecule has 1 heterocycles. The van der Waals surface area contributed by atoms with Gasteiger partial charge in [-0.15, -0.1) is 0 Å². The minimum Gasteiger partial charge on any atom is -0.454 e. The molecule has 0 spiro atoms. The van der Waals surface area contributed by atoms with Gasteiger partial charge in [-0.3, -0.25) is 4.79 Å². The van der Waals surface area contributed by atoms with E-state index < -0.39 is 12.6 Å². The second-order valence-corrected chi connectivity index (χ2v) is 7.10. The molecule has 31 heavy (non-hydrogen) atoms.